The molecule has 0 saturated heterocycles. The van der Waals surface area contributed by atoms with Gasteiger partial charge in [0.2, 0.25) is 0 Å². The predicted molar refractivity (Wildman–Crippen MR) is 210 cm³/mol. The Hall–Kier alpha value is -6.24. The zero-order chi connectivity index (χ0) is 36.2. The largest absolute Gasteiger partial charge is 0.507 e. The lowest BCUT2D eigenvalue weighted by atomic mass is 9.68. The van der Waals surface area contributed by atoms with Crippen LogP contribution < -0.4 is 4.90 Å². The van der Waals surface area contributed by atoms with E-state index >= 15 is 0 Å². The van der Waals surface area contributed by atoms with Gasteiger partial charge in [-0.3, -0.25) is 0 Å². The number of nitrogens with zero attached hydrogens (tertiary/aromatic N) is 4. The number of phenols is 1. The molecular weight excluding hydrogens is 641 g/mol. The summed E-state index contributed by atoms with van der Waals surface area (Å²) < 4.78 is 8.62. The molecule has 6 nitrogen and oxygen atoms in total. The number of hydrogen-bond acceptors (Lipinski definition) is 5. The number of benzene rings is 4. The van der Waals surface area contributed by atoms with E-state index in [1.165, 1.54) is 11.3 Å². The average molecular weight is 681 g/mol. The summed E-state index contributed by atoms with van der Waals surface area (Å²) in [6.07, 6.45) is 13.0. The highest BCUT2D eigenvalue weighted by Gasteiger charge is 2.42. The fourth-order valence-corrected chi connectivity index (χ4v) is 8.03. The standard InChI is InChI=1S/C46H40N4O2/c1-45(2)20-22-49-23-21-46(3,4)42-43(49)39(45)27-31(44(42)51)16-18-36-26-32(33(28-47)29-48)25-35(52-36)17-14-30-15-19-41-38(24-30)37-12-8-9-13-40(37)50(41)34-10-6-5-7-11-34/h5-19,24-27,51H,20-23H2,1-4H3/b17-14+,18-16+. The molecule has 4 aromatic carbocycles. The van der Waals surface area contributed by atoms with Gasteiger partial charge in [-0.25, -0.2) is 0 Å². The van der Waals surface area contributed by atoms with E-state index in [9.17, 15) is 15.6 Å². The van der Waals surface area contributed by atoms with E-state index in [0.717, 1.165) is 70.1 Å². The molecule has 3 aliphatic heterocycles. The Morgan fingerprint density at radius 3 is 2.13 bits per heavy atom. The quantitative estimate of drug-likeness (QED) is 0.187. The summed E-state index contributed by atoms with van der Waals surface area (Å²) >= 11 is 0. The summed E-state index contributed by atoms with van der Waals surface area (Å²) in [6, 6.07) is 31.4. The molecule has 0 amide bonds. The van der Waals surface area contributed by atoms with Crippen molar-refractivity contribution in [1.82, 2.24) is 4.57 Å². The van der Waals surface area contributed by atoms with Gasteiger partial charge in [-0.15, -0.1) is 0 Å². The monoisotopic (exact) mass is 680 g/mol. The Bertz CT molecular complexity index is 2510. The number of allylic oxidation sites excluding steroid dienone is 6. The molecule has 6 heteroatoms. The second kappa shape index (κ2) is 12.5. The number of para-hydroxylation sites is 2. The Labute approximate surface area is 304 Å². The highest BCUT2D eigenvalue weighted by atomic mass is 16.5. The van der Waals surface area contributed by atoms with Gasteiger partial charge >= 0.3 is 0 Å². The number of anilines is 1. The van der Waals surface area contributed by atoms with Crippen LogP contribution in [0.1, 0.15) is 62.8 Å². The molecule has 0 bridgehead atoms. The van der Waals surface area contributed by atoms with Crippen molar-refractivity contribution in [3.63, 3.8) is 0 Å². The first kappa shape index (κ1) is 32.9. The number of nitriles is 2. The second-order valence-electron chi connectivity index (χ2n) is 15.2. The third-order valence-electron chi connectivity index (χ3n) is 11.0. The van der Waals surface area contributed by atoms with Crippen LogP contribution in [0.3, 0.4) is 0 Å². The Kier molecular flexibility index (Phi) is 7.93. The van der Waals surface area contributed by atoms with Crippen molar-refractivity contribution in [1.29, 1.82) is 10.5 Å². The van der Waals surface area contributed by atoms with Gasteiger partial charge in [-0.2, -0.15) is 10.5 Å². The average Bonchev–Trinajstić information content (AvgIpc) is 3.47. The maximum atomic E-state index is 11.8. The van der Waals surface area contributed by atoms with Gasteiger partial charge in [0.05, 0.1) is 11.0 Å². The Morgan fingerprint density at radius 2 is 1.40 bits per heavy atom. The Morgan fingerprint density at radius 1 is 0.750 bits per heavy atom. The van der Waals surface area contributed by atoms with Gasteiger partial charge in [0.25, 0.3) is 0 Å². The molecule has 1 N–H and O–H groups in total. The van der Waals surface area contributed by atoms with Crippen molar-refractivity contribution >= 4 is 39.6 Å². The highest BCUT2D eigenvalue weighted by Crippen LogP contribution is 2.53. The highest BCUT2D eigenvalue weighted by molar-refractivity contribution is 6.09. The van der Waals surface area contributed by atoms with Gasteiger partial charge in [0.1, 0.15) is 35.0 Å². The van der Waals surface area contributed by atoms with Crippen molar-refractivity contribution in [2.24, 2.45) is 0 Å². The number of rotatable bonds is 5. The van der Waals surface area contributed by atoms with Gasteiger partial charge < -0.3 is 19.3 Å². The zero-order valence-electron chi connectivity index (χ0n) is 29.9. The third-order valence-corrected chi connectivity index (χ3v) is 11.0. The van der Waals surface area contributed by atoms with Crippen LogP contribution in [0.2, 0.25) is 0 Å². The molecular formula is C46H40N4O2. The SMILES string of the molecule is CC1(C)CCN2CCC(C)(C)c3c(O)c(/C=C/C4=CC(=C(C#N)C#N)C=C(/C=C/c5ccc6c(c5)c5ccccc5n6-c5ccccc5)O4)cc1c32. The lowest BCUT2D eigenvalue weighted by Crippen LogP contribution is -2.44. The van der Waals surface area contributed by atoms with Crippen LogP contribution in [0.5, 0.6) is 5.75 Å². The van der Waals surface area contributed by atoms with Gasteiger partial charge in [0, 0.05) is 51.9 Å². The minimum atomic E-state index is -0.173. The predicted octanol–water partition coefficient (Wildman–Crippen LogP) is 10.5. The normalized spacial score (nSPS) is 17.4. The topological polar surface area (TPSA) is 85.2 Å². The molecule has 256 valence electrons. The van der Waals surface area contributed by atoms with E-state index in [2.05, 4.69) is 110 Å². The minimum Gasteiger partial charge on any atom is -0.507 e. The van der Waals surface area contributed by atoms with E-state index in [4.69, 9.17) is 4.74 Å². The van der Waals surface area contributed by atoms with Crippen LogP contribution in [0.25, 0.3) is 39.6 Å². The van der Waals surface area contributed by atoms with Crippen LogP contribution in [-0.4, -0.2) is 22.8 Å². The molecule has 0 saturated carbocycles. The van der Waals surface area contributed by atoms with Crippen LogP contribution in [0.15, 0.2) is 126 Å². The molecule has 4 heterocycles. The lowest BCUT2D eigenvalue weighted by Gasteiger charge is -2.48. The molecule has 0 aliphatic carbocycles. The van der Waals surface area contributed by atoms with Gasteiger partial charge in [-0.1, -0.05) is 76.2 Å². The van der Waals surface area contributed by atoms with E-state index in [-0.39, 0.29) is 16.4 Å². The summed E-state index contributed by atoms with van der Waals surface area (Å²) in [6.45, 7) is 11.0. The minimum absolute atomic E-state index is 0.000104. The molecule has 0 fully saturated rings. The summed E-state index contributed by atoms with van der Waals surface area (Å²) in [7, 11) is 0. The molecule has 5 aromatic rings. The number of phenolic OH excluding ortho intramolecular Hbond substituents is 1. The molecule has 0 spiro atoms. The first-order valence-corrected chi connectivity index (χ1v) is 17.8. The summed E-state index contributed by atoms with van der Waals surface area (Å²) in [4.78, 5) is 2.44. The maximum Gasteiger partial charge on any atom is 0.137 e. The van der Waals surface area contributed by atoms with Crippen molar-refractivity contribution < 1.29 is 9.84 Å². The number of aromatic nitrogens is 1. The molecule has 52 heavy (non-hydrogen) atoms. The summed E-state index contributed by atoms with van der Waals surface area (Å²) in [5.41, 5.74) is 8.78. The number of hydrogen-bond donors (Lipinski definition) is 1. The van der Waals surface area contributed by atoms with Gasteiger partial charge in [-0.05, 0) is 102 Å². The van der Waals surface area contributed by atoms with Crippen molar-refractivity contribution in [3.05, 3.63) is 148 Å². The number of ether oxygens (including phenoxy) is 1. The number of aromatic hydroxyl groups is 1. The zero-order valence-corrected chi connectivity index (χ0v) is 29.9. The van der Waals surface area contributed by atoms with Crippen molar-refractivity contribution in [2.75, 3.05) is 18.0 Å². The summed E-state index contributed by atoms with van der Waals surface area (Å²) in [5, 5.41) is 33.6. The van der Waals surface area contributed by atoms with E-state index in [1.54, 1.807) is 12.2 Å². The lowest BCUT2D eigenvalue weighted by molar-refractivity contribution is 0.332. The van der Waals surface area contributed by atoms with Crippen LogP contribution in [-0.2, 0) is 15.6 Å². The number of fused-ring (bicyclic) bond motifs is 3. The van der Waals surface area contributed by atoms with Gasteiger partial charge in [0.15, 0.2) is 0 Å². The Balaban J connectivity index is 1.15. The molecule has 8 rings (SSSR count). The molecule has 0 atom stereocenters. The van der Waals surface area contributed by atoms with E-state index in [0.29, 0.717) is 22.8 Å². The third kappa shape index (κ3) is 5.58. The molecule has 0 radical (unpaired) electrons. The maximum absolute atomic E-state index is 11.8. The molecule has 3 aliphatic rings. The van der Waals surface area contributed by atoms with E-state index in [1.807, 2.05) is 42.5 Å². The molecule has 0 unspecified atom stereocenters. The fraction of sp³-hybridized carbons (Fsp3) is 0.217. The van der Waals surface area contributed by atoms with Crippen LogP contribution in [0.4, 0.5) is 5.69 Å². The second-order valence-corrected chi connectivity index (χ2v) is 15.2. The molecule has 1 aromatic heterocycles. The van der Waals surface area contributed by atoms with Crippen LogP contribution >= 0.6 is 0 Å². The van der Waals surface area contributed by atoms with Crippen LogP contribution in [0, 0.1) is 22.7 Å². The first-order chi connectivity index (χ1) is 25.1. The summed E-state index contributed by atoms with van der Waals surface area (Å²) in [5.74, 6) is 1.26. The van der Waals surface area contributed by atoms with Crippen molar-refractivity contribution in [3.8, 4) is 23.6 Å². The fourth-order valence-electron chi connectivity index (χ4n) is 8.03. The smallest absolute Gasteiger partial charge is 0.137 e. The van der Waals surface area contributed by atoms with E-state index < -0.39 is 0 Å². The van der Waals surface area contributed by atoms with Crippen molar-refractivity contribution in [2.45, 2.75) is 51.4 Å². The first-order valence-electron chi connectivity index (χ1n) is 17.8.